The summed E-state index contributed by atoms with van der Waals surface area (Å²) in [6.07, 6.45) is 1.32. The predicted molar refractivity (Wildman–Crippen MR) is 64.3 cm³/mol. The highest BCUT2D eigenvalue weighted by Gasteiger charge is 2.29. The van der Waals surface area contributed by atoms with Gasteiger partial charge in [0.05, 0.1) is 12.6 Å². The van der Waals surface area contributed by atoms with Crippen molar-refractivity contribution in [1.29, 1.82) is 0 Å². The number of amides is 2. The van der Waals surface area contributed by atoms with E-state index in [-0.39, 0.29) is 30.4 Å². The first-order valence-electron chi connectivity index (χ1n) is 6.08. The molecule has 0 bridgehead atoms. The van der Waals surface area contributed by atoms with Gasteiger partial charge in [0.2, 0.25) is 0 Å². The zero-order valence-electron chi connectivity index (χ0n) is 10.8. The number of carbonyl (C=O) groups is 2. The standard InChI is InChI=1S/C12H22N2O3/c1-8(2)11(15)5-9(3)4-10-6-17-7-14(10)12(13)16/h8-10H,4-7H2,1-3H3,(H2,13,16). The molecule has 1 rings (SSSR count). The maximum atomic E-state index is 11.6. The number of rotatable bonds is 5. The molecule has 1 aliphatic rings. The van der Waals surface area contributed by atoms with Crippen molar-refractivity contribution in [3.05, 3.63) is 0 Å². The van der Waals surface area contributed by atoms with Crippen LogP contribution in [-0.2, 0) is 9.53 Å². The van der Waals surface area contributed by atoms with E-state index < -0.39 is 6.03 Å². The molecule has 2 atom stereocenters. The molecule has 0 aromatic carbocycles. The summed E-state index contributed by atoms with van der Waals surface area (Å²) in [4.78, 5) is 24.3. The topological polar surface area (TPSA) is 72.6 Å². The minimum absolute atomic E-state index is 0.0162. The molecule has 0 spiro atoms. The monoisotopic (exact) mass is 242 g/mol. The van der Waals surface area contributed by atoms with Crippen LogP contribution in [0.1, 0.15) is 33.6 Å². The number of ether oxygens (including phenoxy) is 1. The van der Waals surface area contributed by atoms with E-state index in [9.17, 15) is 9.59 Å². The molecule has 0 saturated carbocycles. The largest absolute Gasteiger partial charge is 0.359 e. The van der Waals surface area contributed by atoms with Gasteiger partial charge in [-0.15, -0.1) is 0 Å². The summed E-state index contributed by atoms with van der Waals surface area (Å²) in [5, 5.41) is 0. The Morgan fingerprint density at radius 3 is 2.59 bits per heavy atom. The number of hydrogen-bond acceptors (Lipinski definition) is 3. The van der Waals surface area contributed by atoms with Gasteiger partial charge < -0.3 is 10.5 Å². The molecule has 1 aliphatic heterocycles. The van der Waals surface area contributed by atoms with Crippen LogP contribution in [0.25, 0.3) is 0 Å². The van der Waals surface area contributed by atoms with Crippen LogP contribution in [0.15, 0.2) is 0 Å². The first kappa shape index (κ1) is 14.0. The molecule has 1 saturated heterocycles. The van der Waals surface area contributed by atoms with Crippen LogP contribution < -0.4 is 5.73 Å². The van der Waals surface area contributed by atoms with E-state index in [1.807, 2.05) is 20.8 Å². The lowest BCUT2D eigenvalue weighted by Gasteiger charge is -2.23. The molecule has 2 unspecified atom stereocenters. The highest BCUT2D eigenvalue weighted by atomic mass is 16.5. The second-order valence-electron chi connectivity index (χ2n) is 5.13. The quantitative estimate of drug-likeness (QED) is 0.791. The van der Waals surface area contributed by atoms with Crippen LogP contribution in [0, 0.1) is 11.8 Å². The minimum Gasteiger partial charge on any atom is -0.359 e. The Balaban J connectivity index is 2.42. The molecule has 1 heterocycles. The Morgan fingerprint density at radius 1 is 1.41 bits per heavy atom. The first-order chi connectivity index (χ1) is 7.91. The molecule has 0 aromatic rings. The Hall–Kier alpha value is -1.10. The Kier molecular flexibility index (Phi) is 4.93. The van der Waals surface area contributed by atoms with E-state index in [0.29, 0.717) is 13.0 Å². The summed E-state index contributed by atoms with van der Waals surface area (Å²) in [6, 6.07) is -0.433. The van der Waals surface area contributed by atoms with E-state index in [1.165, 1.54) is 4.90 Å². The van der Waals surface area contributed by atoms with E-state index in [0.717, 1.165) is 6.42 Å². The van der Waals surface area contributed by atoms with Gasteiger partial charge in [-0.3, -0.25) is 9.69 Å². The van der Waals surface area contributed by atoms with Gasteiger partial charge in [-0.1, -0.05) is 20.8 Å². The van der Waals surface area contributed by atoms with Gasteiger partial charge in [0, 0.05) is 12.3 Å². The third kappa shape index (κ3) is 4.00. The molecule has 98 valence electrons. The fraction of sp³-hybridized carbons (Fsp3) is 0.833. The van der Waals surface area contributed by atoms with Gasteiger partial charge in [-0.2, -0.15) is 0 Å². The second-order valence-corrected chi connectivity index (χ2v) is 5.13. The lowest BCUT2D eigenvalue weighted by atomic mass is 9.92. The molecule has 5 heteroatoms. The molecule has 2 amide bonds. The molecule has 17 heavy (non-hydrogen) atoms. The minimum atomic E-state index is -0.449. The zero-order chi connectivity index (χ0) is 13.0. The predicted octanol–water partition coefficient (Wildman–Crippen LogP) is 1.36. The van der Waals surface area contributed by atoms with E-state index in [1.54, 1.807) is 0 Å². The molecular formula is C12H22N2O3. The van der Waals surface area contributed by atoms with Crippen molar-refractivity contribution in [2.24, 2.45) is 17.6 Å². The highest BCUT2D eigenvalue weighted by Crippen LogP contribution is 2.20. The zero-order valence-corrected chi connectivity index (χ0v) is 10.8. The third-order valence-electron chi connectivity index (χ3n) is 3.13. The van der Waals surface area contributed by atoms with E-state index in [4.69, 9.17) is 10.5 Å². The van der Waals surface area contributed by atoms with Crippen molar-refractivity contribution in [2.75, 3.05) is 13.3 Å². The Bertz CT molecular complexity index is 291. The number of ketones is 1. The average molecular weight is 242 g/mol. The van der Waals surface area contributed by atoms with E-state index >= 15 is 0 Å². The molecule has 0 aromatic heterocycles. The molecular weight excluding hydrogens is 220 g/mol. The Morgan fingerprint density at radius 2 is 2.06 bits per heavy atom. The van der Waals surface area contributed by atoms with E-state index in [2.05, 4.69) is 0 Å². The number of carbonyl (C=O) groups excluding carboxylic acids is 2. The second kappa shape index (κ2) is 6.00. The molecule has 0 aliphatic carbocycles. The SMILES string of the molecule is CC(CC(=O)C(C)C)CC1COCN1C(N)=O. The summed E-state index contributed by atoms with van der Waals surface area (Å²) in [5.41, 5.74) is 5.25. The van der Waals surface area contributed by atoms with Crippen LogP contribution in [0.5, 0.6) is 0 Å². The maximum absolute atomic E-state index is 11.6. The molecule has 0 radical (unpaired) electrons. The van der Waals surface area contributed by atoms with Crippen molar-refractivity contribution in [1.82, 2.24) is 4.90 Å². The van der Waals surface area contributed by atoms with Gasteiger partial charge >= 0.3 is 6.03 Å². The van der Waals surface area contributed by atoms with Crippen LogP contribution >= 0.6 is 0 Å². The van der Waals surface area contributed by atoms with Crippen LogP contribution in [0.2, 0.25) is 0 Å². The van der Waals surface area contributed by atoms with Gasteiger partial charge in [0.1, 0.15) is 12.5 Å². The summed E-state index contributed by atoms with van der Waals surface area (Å²) < 4.78 is 5.22. The van der Waals surface area contributed by atoms with Crippen molar-refractivity contribution < 1.29 is 14.3 Å². The van der Waals surface area contributed by atoms with Crippen molar-refractivity contribution in [3.63, 3.8) is 0 Å². The Labute approximate surface area is 102 Å². The first-order valence-corrected chi connectivity index (χ1v) is 6.08. The van der Waals surface area contributed by atoms with Crippen molar-refractivity contribution in [2.45, 2.75) is 39.7 Å². The van der Waals surface area contributed by atoms with Gasteiger partial charge in [-0.25, -0.2) is 4.79 Å². The van der Waals surface area contributed by atoms with Crippen molar-refractivity contribution in [3.8, 4) is 0 Å². The summed E-state index contributed by atoms with van der Waals surface area (Å²) in [6.45, 7) is 6.62. The van der Waals surface area contributed by atoms with Gasteiger partial charge in [0.25, 0.3) is 0 Å². The normalized spacial score (nSPS) is 21.9. The van der Waals surface area contributed by atoms with Gasteiger partial charge in [0.15, 0.2) is 0 Å². The maximum Gasteiger partial charge on any atom is 0.316 e. The fourth-order valence-corrected chi connectivity index (χ4v) is 2.05. The van der Waals surface area contributed by atoms with Crippen LogP contribution in [-0.4, -0.2) is 36.1 Å². The lowest BCUT2D eigenvalue weighted by molar-refractivity contribution is -0.122. The number of nitrogens with two attached hydrogens (primary N) is 1. The summed E-state index contributed by atoms with van der Waals surface area (Å²) >= 11 is 0. The third-order valence-corrected chi connectivity index (χ3v) is 3.13. The van der Waals surface area contributed by atoms with Gasteiger partial charge in [-0.05, 0) is 12.3 Å². The number of nitrogens with zero attached hydrogens (tertiary/aromatic N) is 1. The van der Waals surface area contributed by atoms with Crippen molar-refractivity contribution >= 4 is 11.8 Å². The molecule has 1 fully saturated rings. The molecule has 5 nitrogen and oxygen atoms in total. The summed E-state index contributed by atoms with van der Waals surface area (Å²) in [5.74, 6) is 0.588. The highest BCUT2D eigenvalue weighted by molar-refractivity contribution is 5.80. The van der Waals surface area contributed by atoms with Crippen LogP contribution in [0.4, 0.5) is 4.79 Å². The summed E-state index contributed by atoms with van der Waals surface area (Å²) in [7, 11) is 0. The average Bonchev–Trinajstić information content (AvgIpc) is 2.65. The fourth-order valence-electron chi connectivity index (χ4n) is 2.05. The number of urea groups is 1. The van der Waals surface area contributed by atoms with Crippen LogP contribution in [0.3, 0.4) is 0 Å². The lowest BCUT2D eigenvalue weighted by Crippen LogP contribution is -2.41. The smallest absolute Gasteiger partial charge is 0.316 e. The number of Topliss-reactive ketones (excluding diaryl/α,β-unsaturated/α-hetero) is 1. The molecule has 2 N–H and O–H groups in total. The number of primary amides is 1. The number of hydrogen-bond donors (Lipinski definition) is 1.